The van der Waals surface area contributed by atoms with Gasteiger partial charge in [-0.25, -0.2) is 0 Å². The molecule has 0 aliphatic carbocycles. The van der Waals surface area contributed by atoms with Crippen molar-refractivity contribution in [1.29, 1.82) is 0 Å². The second kappa shape index (κ2) is 6.40. The Kier molecular flexibility index (Phi) is 5.49. The predicted molar refractivity (Wildman–Crippen MR) is 71.9 cm³/mol. The molecule has 1 heterocycles. The summed E-state index contributed by atoms with van der Waals surface area (Å²) < 4.78 is 3.27. The van der Waals surface area contributed by atoms with Crippen molar-refractivity contribution in [3.8, 4) is 0 Å². The topological polar surface area (TPSA) is 29.9 Å². The van der Waals surface area contributed by atoms with E-state index in [1.54, 1.807) is 0 Å². The molecule has 1 aromatic heterocycles. The molecule has 0 fully saturated rings. The van der Waals surface area contributed by atoms with Gasteiger partial charge in [0.2, 0.25) is 0 Å². The molecule has 16 heavy (non-hydrogen) atoms. The zero-order chi connectivity index (χ0) is 12.1. The van der Waals surface area contributed by atoms with Crippen LogP contribution in [-0.2, 0) is 0 Å². The van der Waals surface area contributed by atoms with Crippen LogP contribution in [0.5, 0.6) is 0 Å². The third-order valence-electron chi connectivity index (χ3n) is 2.88. The third-order valence-corrected chi connectivity index (χ3v) is 4.03. The van der Waals surface area contributed by atoms with E-state index in [2.05, 4.69) is 51.8 Å². The molecule has 1 atom stereocenters. The molecule has 1 N–H and O–H groups in total. The Bertz CT molecular complexity index is 333. The molecule has 0 saturated carbocycles. The summed E-state index contributed by atoms with van der Waals surface area (Å²) in [5.74, 6) is 0. The maximum atomic E-state index is 4.56. The van der Waals surface area contributed by atoms with E-state index in [-0.39, 0.29) is 0 Å². The van der Waals surface area contributed by atoms with E-state index in [1.807, 2.05) is 6.92 Å². The molecule has 0 aliphatic rings. The van der Waals surface area contributed by atoms with Crippen LogP contribution in [-0.4, -0.2) is 22.9 Å². The molecule has 1 unspecified atom stereocenters. The van der Waals surface area contributed by atoms with Gasteiger partial charge >= 0.3 is 0 Å². The number of rotatable bonds is 6. The van der Waals surface area contributed by atoms with Crippen LogP contribution in [0.25, 0.3) is 0 Å². The Morgan fingerprint density at radius 2 is 2.12 bits per heavy atom. The summed E-state index contributed by atoms with van der Waals surface area (Å²) in [4.78, 5) is 0. The average Bonchev–Trinajstić information content (AvgIpc) is 2.52. The fourth-order valence-corrected chi connectivity index (χ4v) is 2.15. The molecule has 0 spiro atoms. The second-order valence-corrected chi connectivity index (χ2v) is 5.07. The standard InChI is InChI=1S/C12H22BrN3/c1-5-14-8-6-7-9(2)16-11(4)12(13)10(3)15-16/h9,14H,5-8H2,1-4H3. The fourth-order valence-electron chi connectivity index (χ4n) is 1.89. The van der Waals surface area contributed by atoms with Crippen LogP contribution in [0.3, 0.4) is 0 Å². The Morgan fingerprint density at radius 3 is 2.62 bits per heavy atom. The molecule has 4 heteroatoms. The molecule has 1 rings (SSSR count). The number of halogens is 1. The van der Waals surface area contributed by atoms with E-state index in [9.17, 15) is 0 Å². The highest BCUT2D eigenvalue weighted by molar-refractivity contribution is 9.10. The van der Waals surface area contributed by atoms with Crippen LogP contribution in [0.4, 0.5) is 0 Å². The van der Waals surface area contributed by atoms with Crippen molar-refractivity contribution in [1.82, 2.24) is 15.1 Å². The molecule has 0 bridgehead atoms. The van der Waals surface area contributed by atoms with Gasteiger partial charge < -0.3 is 5.32 Å². The van der Waals surface area contributed by atoms with Gasteiger partial charge in [-0.1, -0.05) is 6.92 Å². The van der Waals surface area contributed by atoms with Crippen molar-refractivity contribution in [3.63, 3.8) is 0 Å². The predicted octanol–water partition coefficient (Wildman–Crippen LogP) is 3.21. The zero-order valence-electron chi connectivity index (χ0n) is 10.7. The molecule has 1 aromatic rings. The summed E-state index contributed by atoms with van der Waals surface area (Å²) in [5.41, 5.74) is 2.31. The molecule has 92 valence electrons. The van der Waals surface area contributed by atoms with Gasteiger partial charge in [-0.05, 0) is 62.6 Å². The van der Waals surface area contributed by atoms with Gasteiger partial charge in [0.25, 0.3) is 0 Å². The highest BCUT2D eigenvalue weighted by Crippen LogP contribution is 2.24. The van der Waals surface area contributed by atoms with Crippen molar-refractivity contribution >= 4 is 15.9 Å². The van der Waals surface area contributed by atoms with Gasteiger partial charge in [0, 0.05) is 6.04 Å². The quantitative estimate of drug-likeness (QED) is 0.815. The highest BCUT2D eigenvalue weighted by atomic mass is 79.9. The van der Waals surface area contributed by atoms with Crippen LogP contribution in [0.15, 0.2) is 4.47 Å². The summed E-state index contributed by atoms with van der Waals surface area (Å²) in [6.07, 6.45) is 2.37. The normalized spacial score (nSPS) is 13.1. The lowest BCUT2D eigenvalue weighted by Crippen LogP contribution is -2.16. The van der Waals surface area contributed by atoms with Gasteiger partial charge in [0.1, 0.15) is 0 Å². The van der Waals surface area contributed by atoms with Crippen molar-refractivity contribution < 1.29 is 0 Å². The zero-order valence-corrected chi connectivity index (χ0v) is 12.3. The molecule has 0 amide bonds. The minimum absolute atomic E-state index is 0.476. The third kappa shape index (κ3) is 3.32. The number of nitrogens with one attached hydrogen (secondary N) is 1. The number of hydrogen-bond acceptors (Lipinski definition) is 2. The van der Waals surface area contributed by atoms with Crippen LogP contribution >= 0.6 is 15.9 Å². The Morgan fingerprint density at radius 1 is 1.44 bits per heavy atom. The highest BCUT2D eigenvalue weighted by Gasteiger charge is 2.13. The number of nitrogens with zero attached hydrogens (tertiary/aromatic N) is 2. The lowest BCUT2D eigenvalue weighted by Gasteiger charge is -2.14. The minimum Gasteiger partial charge on any atom is -0.317 e. The van der Waals surface area contributed by atoms with Crippen molar-refractivity contribution in [2.24, 2.45) is 0 Å². The summed E-state index contributed by atoms with van der Waals surface area (Å²) in [5, 5.41) is 7.91. The smallest absolute Gasteiger partial charge is 0.0738 e. The van der Waals surface area contributed by atoms with E-state index in [0.29, 0.717) is 6.04 Å². The molecule has 0 aliphatic heterocycles. The first-order chi connectivity index (χ1) is 7.57. The van der Waals surface area contributed by atoms with Gasteiger partial charge in [-0.2, -0.15) is 5.10 Å². The molecular weight excluding hydrogens is 266 g/mol. The van der Waals surface area contributed by atoms with Crippen molar-refractivity contribution in [2.75, 3.05) is 13.1 Å². The lowest BCUT2D eigenvalue weighted by molar-refractivity contribution is 0.430. The SMILES string of the molecule is CCNCCCC(C)n1nc(C)c(Br)c1C. The lowest BCUT2D eigenvalue weighted by atomic mass is 10.2. The van der Waals surface area contributed by atoms with Crippen LogP contribution in [0, 0.1) is 13.8 Å². The van der Waals surface area contributed by atoms with Crippen molar-refractivity contribution in [2.45, 2.75) is 46.6 Å². The second-order valence-electron chi connectivity index (χ2n) is 4.27. The van der Waals surface area contributed by atoms with Gasteiger partial charge in [0.15, 0.2) is 0 Å². The first-order valence-electron chi connectivity index (χ1n) is 5.99. The van der Waals surface area contributed by atoms with Crippen molar-refractivity contribution in [3.05, 3.63) is 15.9 Å². The number of hydrogen-bond donors (Lipinski definition) is 1. The number of aryl methyl sites for hydroxylation is 1. The summed E-state index contributed by atoms with van der Waals surface area (Å²) in [6, 6.07) is 0.476. The Balaban J connectivity index is 2.52. The van der Waals surface area contributed by atoms with E-state index in [1.165, 1.54) is 18.5 Å². The van der Waals surface area contributed by atoms with Gasteiger partial charge in [-0.3, -0.25) is 4.68 Å². The summed E-state index contributed by atoms with van der Waals surface area (Å²) >= 11 is 3.57. The molecular formula is C12H22BrN3. The molecule has 0 aromatic carbocycles. The van der Waals surface area contributed by atoms with Gasteiger partial charge in [-0.15, -0.1) is 0 Å². The Labute approximate surface area is 107 Å². The van der Waals surface area contributed by atoms with Crippen LogP contribution in [0.1, 0.15) is 44.1 Å². The largest absolute Gasteiger partial charge is 0.317 e. The van der Waals surface area contributed by atoms with E-state index in [0.717, 1.165) is 23.3 Å². The van der Waals surface area contributed by atoms with E-state index in [4.69, 9.17) is 0 Å². The summed E-state index contributed by atoms with van der Waals surface area (Å²) in [7, 11) is 0. The summed E-state index contributed by atoms with van der Waals surface area (Å²) in [6.45, 7) is 10.7. The monoisotopic (exact) mass is 287 g/mol. The van der Waals surface area contributed by atoms with E-state index >= 15 is 0 Å². The molecule has 0 saturated heterocycles. The first kappa shape index (κ1) is 13.7. The van der Waals surface area contributed by atoms with Crippen LogP contribution < -0.4 is 5.32 Å². The maximum Gasteiger partial charge on any atom is 0.0738 e. The Hall–Kier alpha value is -0.350. The van der Waals surface area contributed by atoms with Crippen LogP contribution in [0.2, 0.25) is 0 Å². The molecule has 3 nitrogen and oxygen atoms in total. The van der Waals surface area contributed by atoms with E-state index < -0.39 is 0 Å². The average molecular weight is 288 g/mol. The number of aromatic nitrogens is 2. The molecule has 0 radical (unpaired) electrons. The minimum atomic E-state index is 0.476. The maximum absolute atomic E-state index is 4.56. The first-order valence-corrected chi connectivity index (χ1v) is 6.79. The van der Waals surface area contributed by atoms with Gasteiger partial charge in [0.05, 0.1) is 15.9 Å². The fraction of sp³-hybridized carbons (Fsp3) is 0.750.